The molecule has 5 rings (SSSR count). The topological polar surface area (TPSA) is 155 Å². The predicted molar refractivity (Wildman–Crippen MR) is 179 cm³/mol. The largest absolute Gasteiger partial charge is 0.487 e. The van der Waals surface area contributed by atoms with Gasteiger partial charge < -0.3 is 19.9 Å². The summed E-state index contributed by atoms with van der Waals surface area (Å²) in [4.78, 5) is 31.6. The van der Waals surface area contributed by atoms with E-state index in [-0.39, 0.29) is 30.4 Å². The first-order valence-corrected chi connectivity index (χ1v) is 17.1. The fraction of sp³-hybridized carbons (Fsp3) is 0.400. The van der Waals surface area contributed by atoms with Crippen LogP contribution >= 0.6 is 0 Å². The molecule has 12 heteroatoms. The number of aliphatic imine (C=N–C) groups is 1. The van der Waals surface area contributed by atoms with Gasteiger partial charge in [-0.1, -0.05) is 48.5 Å². The van der Waals surface area contributed by atoms with Crippen molar-refractivity contribution in [3.63, 3.8) is 0 Å². The van der Waals surface area contributed by atoms with Crippen molar-refractivity contribution in [1.82, 2.24) is 15.6 Å². The first-order valence-electron chi connectivity index (χ1n) is 15.6. The number of rotatable bonds is 12. The summed E-state index contributed by atoms with van der Waals surface area (Å²) in [5.41, 5.74) is 7.77. The molecule has 0 spiro atoms. The fourth-order valence-corrected chi connectivity index (χ4v) is 7.91. The van der Waals surface area contributed by atoms with E-state index in [9.17, 15) is 23.1 Å². The van der Waals surface area contributed by atoms with Crippen LogP contribution in [0.5, 0.6) is 5.75 Å². The van der Waals surface area contributed by atoms with Crippen LogP contribution in [0.25, 0.3) is 11.1 Å². The highest BCUT2D eigenvalue weighted by atomic mass is 32.2. The normalized spacial score (nSPS) is 16.1. The number of sulfonamides is 1. The van der Waals surface area contributed by atoms with E-state index in [4.69, 9.17) is 9.47 Å². The zero-order valence-electron chi connectivity index (χ0n) is 27.6. The fourth-order valence-electron chi connectivity index (χ4n) is 6.52. The van der Waals surface area contributed by atoms with E-state index < -0.39 is 33.2 Å². The summed E-state index contributed by atoms with van der Waals surface area (Å²) in [7, 11) is -3.94. The van der Waals surface area contributed by atoms with Crippen LogP contribution in [-0.4, -0.2) is 56.2 Å². The van der Waals surface area contributed by atoms with E-state index in [0.717, 1.165) is 39.1 Å². The number of benzene rings is 3. The lowest BCUT2D eigenvalue weighted by molar-refractivity contribution is -0.144. The maximum Gasteiger partial charge on any atom is 0.408 e. The summed E-state index contributed by atoms with van der Waals surface area (Å²) in [6.45, 7) is 11.0. The van der Waals surface area contributed by atoms with Gasteiger partial charge in [-0.15, -0.1) is 4.83 Å². The van der Waals surface area contributed by atoms with Crippen molar-refractivity contribution in [3.8, 4) is 16.9 Å². The highest BCUT2D eigenvalue weighted by Crippen LogP contribution is 2.45. The second-order valence-electron chi connectivity index (χ2n) is 13.0. The zero-order chi connectivity index (χ0) is 34.1. The Morgan fingerprint density at radius 3 is 2.28 bits per heavy atom. The van der Waals surface area contributed by atoms with Crippen LogP contribution in [-0.2, 0) is 26.0 Å². The molecule has 0 saturated carbocycles. The number of hydrogen-bond donors (Lipinski definition) is 4. The van der Waals surface area contributed by atoms with Crippen molar-refractivity contribution < 1.29 is 32.6 Å². The van der Waals surface area contributed by atoms with Gasteiger partial charge >= 0.3 is 12.1 Å². The number of carbonyl (C=O) groups excluding carboxylic acids is 1. The van der Waals surface area contributed by atoms with Gasteiger partial charge in [-0.3, -0.25) is 10.4 Å². The maximum atomic E-state index is 13.3. The third-order valence-corrected chi connectivity index (χ3v) is 10.6. The van der Waals surface area contributed by atoms with E-state index in [1.807, 2.05) is 69.3 Å². The number of nitrogens with one attached hydrogen (secondary N) is 3. The van der Waals surface area contributed by atoms with E-state index in [0.29, 0.717) is 24.0 Å². The lowest BCUT2D eigenvalue weighted by Crippen LogP contribution is -2.52. The summed E-state index contributed by atoms with van der Waals surface area (Å²) in [6.07, 6.45) is 1.37. The molecule has 250 valence electrons. The average molecular weight is 663 g/mol. The Kier molecular flexibility index (Phi) is 9.38. The lowest BCUT2D eigenvalue weighted by Gasteiger charge is -2.26. The summed E-state index contributed by atoms with van der Waals surface area (Å²) in [5.74, 6) is -0.603. The first kappa shape index (κ1) is 33.9. The summed E-state index contributed by atoms with van der Waals surface area (Å²) in [5, 5.41) is 12.4. The molecule has 11 nitrogen and oxygen atoms in total. The molecule has 0 aromatic heterocycles. The second kappa shape index (κ2) is 13.0. The van der Waals surface area contributed by atoms with Crippen molar-refractivity contribution in [3.05, 3.63) is 81.9 Å². The van der Waals surface area contributed by atoms with Gasteiger partial charge in [-0.25, -0.2) is 18.0 Å². The number of fused-ring (bicyclic) bond motifs is 4. The van der Waals surface area contributed by atoms with Crippen molar-refractivity contribution in [1.29, 1.82) is 0 Å². The van der Waals surface area contributed by atoms with Gasteiger partial charge in [0.05, 0.1) is 11.2 Å². The van der Waals surface area contributed by atoms with Gasteiger partial charge in [0.15, 0.2) is 0 Å². The van der Waals surface area contributed by atoms with Crippen LogP contribution in [0.3, 0.4) is 0 Å². The molecule has 0 saturated heterocycles. The molecule has 0 radical (unpaired) electrons. The van der Waals surface area contributed by atoms with E-state index in [1.54, 1.807) is 13.8 Å². The third-order valence-electron chi connectivity index (χ3n) is 9.07. The summed E-state index contributed by atoms with van der Waals surface area (Å²) < 4.78 is 38.1. The van der Waals surface area contributed by atoms with Crippen LogP contribution in [0.2, 0.25) is 0 Å². The van der Waals surface area contributed by atoms with Crippen LogP contribution in [0.4, 0.5) is 4.79 Å². The minimum Gasteiger partial charge on any atom is -0.487 e. The average Bonchev–Trinajstić information content (AvgIpc) is 3.52. The number of carbonyl (C=O) groups is 2. The van der Waals surface area contributed by atoms with Gasteiger partial charge in [0.1, 0.15) is 23.5 Å². The minimum absolute atomic E-state index is 0.0667. The maximum absolute atomic E-state index is 13.3. The SMILES string of the molecule is Cc1c(C)c(S(=O)(=O)NNC=NCCC[C@](C)(NC(=O)OCC2c3ccccc3-c3ccccc32)C(=O)O)c(C)c2c1OC(C)(C)C2. The molecule has 2 aliphatic rings. The Balaban J connectivity index is 1.12. The number of nitrogens with zero attached hydrogens (tertiary/aromatic N) is 1. The molecule has 0 unspecified atom stereocenters. The molecule has 1 amide bonds. The Morgan fingerprint density at radius 2 is 1.66 bits per heavy atom. The number of carboxylic acids is 1. The minimum atomic E-state index is -3.94. The molecular weight excluding hydrogens is 620 g/mol. The number of alkyl carbamates (subject to hydrolysis) is 1. The molecule has 3 aromatic carbocycles. The number of carboxylic acid groups (broad SMARTS) is 1. The number of amides is 1. The number of ether oxygens (including phenoxy) is 2. The smallest absolute Gasteiger partial charge is 0.408 e. The van der Waals surface area contributed by atoms with Gasteiger partial charge in [-0.05, 0) is 93.3 Å². The Morgan fingerprint density at radius 1 is 1.04 bits per heavy atom. The lowest BCUT2D eigenvalue weighted by atomic mass is 9.94. The Bertz CT molecular complexity index is 1810. The van der Waals surface area contributed by atoms with E-state index >= 15 is 0 Å². The Hall–Kier alpha value is -4.42. The molecule has 1 atom stereocenters. The van der Waals surface area contributed by atoms with Crippen LogP contribution in [0.15, 0.2) is 58.4 Å². The standard InChI is InChI=1S/C35H42N4O7S/c1-21-22(2)31(23(3)28-18-34(4,5)46-30(21)28)47(43,44)39-37-20-36-17-11-16-35(6,32(40)41)38-33(42)45-19-29-26-14-9-7-12-24(26)25-13-8-10-15-27(25)29/h7-10,12-15,20,29,39H,11,16-19H2,1-6H3,(H,36,37)(H,38,42)(H,40,41)/t35-/m0/s1. The van der Waals surface area contributed by atoms with Crippen molar-refractivity contribution in [2.24, 2.45) is 4.99 Å². The molecule has 1 heterocycles. The number of hydrazine groups is 1. The number of aliphatic carboxylic acids is 1. The molecule has 0 bridgehead atoms. The highest BCUT2D eigenvalue weighted by molar-refractivity contribution is 7.89. The van der Waals surface area contributed by atoms with Crippen LogP contribution in [0, 0.1) is 20.8 Å². The molecule has 1 aliphatic heterocycles. The summed E-state index contributed by atoms with van der Waals surface area (Å²) >= 11 is 0. The quantitative estimate of drug-likeness (QED) is 0.0882. The van der Waals surface area contributed by atoms with Gasteiger partial charge in [0.2, 0.25) is 0 Å². The predicted octanol–water partition coefficient (Wildman–Crippen LogP) is 5.30. The first-order chi connectivity index (χ1) is 22.2. The van der Waals surface area contributed by atoms with E-state index in [1.165, 1.54) is 13.3 Å². The van der Waals surface area contributed by atoms with Gasteiger partial charge in [-0.2, -0.15) is 0 Å². The van der Waals surface area contributed by atoms with Crippen molar-refractivity contribution >= 4 is 28.4 Å². The molecular formula is C35H42N4O7S. The van der Waals surface area contributed by atoms with Gasteiger partial charge in [0.25, 0.3) is 10.0 Å². The van der Waals surface area contributed by atoms with Crippen molar-refractivity contribution in [2.45, 2.75) is 82.8 Å². The second-order valence-corrected chi connectivity index (χ2v) is 14.6. The Labute approximate surface area is 275 Å². The highest BCUT2D eigenvalue weighted by Gasteiger charge is 2.37. The molecule has 1 aliphatic carbocycles. The zero-order valence-corrected chi connectivity index (χ0v) is 28.4. The monoisotopic (exact) mass is 662 g/mol. The van der Waals surface area contributed by atoms with E-state index in [2.05, 4.69) is 20.6 Å². The van der Waals surface area contributed by atoms with Crippen LogP contribution in [0.1, 0.15) is 72.9 Å². The molecule has 47 heavy (non-hydrogen) atoms. The number of hydrogen-bond acceptors (Lipinski definition) is 7. The molecule has 3 aromatic rings. The third kappa shape index (κ3) is 6.84. The van der Waals surface area contributed by atoms with Crippen LogP contribution < -0.4 is 20.3 Å². The molecule has 4 N–H and O–H groups in total. The molecule has 0 fully saturated rings. The van der Waals surface area contributed by atoms with Gasteiger partial charge in [0, 0.05) is 24.4 Å². The van der Waals surface area contributed by atoms with Crippen molar-refractivity contribution in [2.75, 3.05) is 13.2 Å². The summed E-state index contributed by atoms with van der Waals surface area (Å²) in [6, 6.07) is 15.9.